The first-order valence-corrected chi connectivity index (χ1v) is 8.78. The highest BCUT2D eigenvalue weighted by molar-refractivity contribution is 5.78. The van der Waals surface area contributed by atoms with E-state index in [1.165, 1.54) is 18.6 Å². The lowest BCUT2D eigenvalue weighted by Crippen LogP contribution is -2.19. The van der Waals surface area contributed by atoms with Crippen molar-refractivity contribution in [3.8, 4) is 11.4 Å². The van der Waals surface area contributed by atoms with Crippen molar-refractivity contribution in [3.05, 3.63) is 50.4 Å². The van der Waals surface area contributed by atoms with Crippen LogP contribution in [-0.2, 0) is 0 Å². The molecule has 4 rings (SSSR count). The average molecular weight is 353 g/mol. The average Bonchev–Trinajstić information content (AvgIpc) is 3.00. The van der Waals surface area contributed by atoms with E-state index in [0.29, 0.717) is 22.4 Å². The van der Waals surface area contributed by atoms with E-state index >= 15 is 0 Å². The first kappa shape index (κ1) is 16.4. The molecule has 2 aromatic heterocycles. The van der Waals surface area contributed by atoms with Gasteiger partial charge in [0, 0.05) is 17.7 Å². The Hall–Kier alpha value is -3.03. The Balaban J connectivity index is 1.81. The third-order valence-corrected chi connectivity index (χ3v) is 5.00. The van der Waals surface area contributed by atoms with Crippen LogP contribution in [0.2, 0.25) is 0 Å². The maximum absolute atomic E-state index is 12.8. The Morgan fingerprint density at radius 1 is 1.19 bits per heavy atom. The SMILES string of the molecule is Cc1nn(C2CCCCC2)c2c(=O)[nH]c(-c3ccc([N+](=O)[O-])cc3)nc12. The molecule has 0 saturated heterocycles. The Morgan fingerprint density at radius 3 is 2.54 bits per heavy atom. The summed E-state index contributed by atoms with van der Waals surface area (Å²) >= 11 is 0. The maximum atomic E-state index is 12.8. The number of nitro benzene ring substituents is 1. The number of aryl methyl sites for hydroxylation is 1. The molecule has 1 aliphatic rings. The summed E-state index contributed by atoms with van der Waals surface area (Å²) in [5.74, 6) is 0.392. The van der Waals surface area contributed by atoms with E-state index in [1.807, 2.05) is 11.6 Å². The molecule has 26 heavy (non-hydrogen) atoms. The number of hydrogen-bond acceptors (Lipinski definition) is 5. The molecule has 0 amide bonds. The zero-order chi connectivity index (χ0) is 18.3. The lowest BCUT2D eigenvalue weighted by atomic mass is 9.95. The molecule has 0 bridgehead atoms. The van der Waals surface area contributed by atoms with Gasteiger partial charge in [-0.1, -0.05) is 19.3 Å². The summed E-state index contributed by atoms with van der Waals surface area (Å²) in [7, 11) is 0. The van der Waals surface area contributed by atoms with Gasteiger partial charge in [0.05, 0.1) is 16.7 Å². The summed E-state index contributed by atoms with van der Waals surface area (Å²) in [6.07, 6.45) is 5.58. The molecule has 0 atom stereocenters. The van der Waals surface area contributed by atoms with Gasteiger partial charge in [-0.2, -0.15) is 5.10 Å². The van der Waals surface area contributed by atoms with Gasteiger partial charge >= 0.3 is 0 Å². The lowest BCUT2D eigenvalue weighted by molar-refractivity contribution is -0.384. The van der Waals surface area contributed by atoms with Crippen LogP contribution in [0.4, 0.5) is 5.69 Å². The van der Waals surface area contributed by atoms with E-state index in [4.69, 9.17) is 0 Å². The number of fused-ring (bicyclic) bond motifs is 1. The van der Waals surface area contributed by atoms with Crippen molar-refractivity contribution in [2.24, 2.45) is 0 Å². The van der Waals surface area contributed by atoms with Gasteiger partial charge in [-0.15, -0.1) is 0 Å². The van der Waals surface area contributed by atoms with Gasteiger partial charge in [0.15, 0.2) is 5.52 Å². The molecule has 134 valence electrons. The fraction of sp³-hybridized carbons (Fsp3) is 0.389. The van der Waals surface area contributed by atoms with Gasteiger partial charge in [0.2, 0.25) is 0 Å². The highest BCUT2D eigenvalue weighted by Gasteiger charge is 2.22. The zero-order valence-electron chi connectivity index (χ0n) is 14.4. The van der Waals surface area contributed by atoms with Crippen molar-refractivity contribution in [2.75, 3.05) is 0 Å². The predicted molar refractivity (Wildman–Crippen MR) is 97.1 cm³/mol. The fourth-order valence-electron chi connectivity index (χ4n) is 3.66. The van der Waals surface area contributed by atoms with Crippen LogP contribution in [-0.4, -0.2) is 24.7 Å². The molecule has 8 heteroatoms. The van der Waals surface area contributed by atoms with Crippen molar-refractivity contribution >= 4 is 16.7 Å². The Kier molecular flexibility index (Phi) is 4.02. The normalized spacial score (nSPS) is 15.4. The van der Waals surface area contributed by atoms with Gasteiger partial charge in [0.1, 0.15) is 11.3 Å². The molecule has 0 spiro atoms. The number of nitro groups is 1. The van der Waals surface area contributed by atoms with Crippen molar-refractivity contribution in [1.82, 2.24) is 19.7 Å². The molecule has 3 aromatic rings. The van der Waals surface area contributed by atoms with Crippen LogP contribution in [0.25, 0.3) is 22.4 Å². The molecule has 2 heterocycles. The molecule has 0 radical (unpaired) electrons. The Morgan fingerprint density at radius 2 is 1.88 bits per heavy atom. The van der Waals surface area contributed by atoms with Crippen LogP contribution in [0, 0.1) is 17.0 Å². The van der Waals surface area contributed by atoms with Gasteiger partial charge in [-0.3, -0.25) is 19.6 Å². The van der Waals surface area contributed by atoms with Crippen molar-refractivity contribution in [3.63, 3.8) is 0 Å². The van der Waals surface area contributed by atoms with E-state index in [1.54, 1.807) is 12.1 Å². The summed E-state index contributed by atoms with van der Waals surface area (Å²) in [4.78, 5) is 30.5. The minimum atomic E-state index is -0.457. The van der Waals surface area contributed by atoms with Crippen LogP contribution < -0.4 is 5.56 Å². The highest BCUT2D eigenvalue weighted by Crippen LogP contribution is 2.30. The smallest absolute Gasteiger partial charge is 0.277 e. The molecule has 1 fully saturated rings. The van der Waals surface area contributed by atoms with E-state index in [0.717, 1.165) is 31.4 Å². The van der Waals surface area contributed by atoms with E-state index < -0.39 is 4.92 Å². The predicted octanol–water partition coefficient (Wildman–Crippen LogP) is 3.51. The third kappa shape index (κ3) is 2.77. The van der Waals surface area contributed by atoms with Gasteiger partial charge in [-0.05, 0) is 31.9 Å². The van der Waals surface area contributed by atoms with Gasteiger partial charge < -0.3 is 4.98 Å². The van der Waals surface area contributed by atoms with E-state index in [2.05, 4.69) is 15.1 Å². The summed E-state index contributed by atoms with van der Waals surface area (Å²) in [6, 6.07) is 6.22. The third-order valence-electron chi connectivity index (χ3n) is 5.00. The number of rotatable bonds is 3. The fourth-order valence-corrected chi connectivity index (χ4v) is 3.66. The topological polar surface area (TPSA) is 107 Å². The number of benzene rings is 1. The first-order chi connectivity index (χ1) is 12.5. The number of hydrogen-bond donors (Lipinski definition) is 1. The summed E-state index contributed by atoms with van der Waals surface area (Å²) in [5.41, 5.74) is 2.22. The van der Waals surface area contributed by atoms with Crippen molar-refractivity contribution in [1.29, 1.82) is 0 Å². The monoisotopic (exact) mass is 353 g/mol. The number of nitrogens with zero attached hydrogens (tertiary/aromatic N) is 4. The second kappa shape index (κ2) is 6.36. The molecule has 0 aliphatic heterocycles. The number of non-ortho nitro benzene ring substituents is 1. The second-order valence-corrected chi connectivity index (χ2v) is 6.74. The maximum Gasteiger partial charge on any atom is 0.277 e. The highest BCUT2D eigenvalue weighted by atomic mass is 16.6. The Labute approximate surface area is 149 Å². The molecular formula is C18H19N5O3. The molecule has 8 nitrogen and oxygen atoms in total. The van der Waals surface area contributed by atoms with Crippen LogP contribution in [0.5, 0.6) is 0 Å². The largest absolute Gasteiger partial charge is 0.305 e. The van der Waals surface area contributed by atoms with Gasteiger partial charge in [-0.25, -0.2) is 4.98 Å². The summed E-state index contributed by atoms with van der Waals surface area (Å²) in [6.45, 7) is 1.85. The number of H-pyrrole nitrogens is 1. The number of aromatic nitrogens is 4. The van der Waals surface area contributed by atoms with Crippen LogP contribution in [0.3, 0.4) is 0 Å². The van der Waals surface area contributed by atoms with E-state index in [-0.39, 0.29) is 17.3 Å². The lowest BCUT2D eigenvalue weighted by Gasteiger charge is -2.22. The van der Waals surface area contributed by atoms with Crippen LogP contribution >= 0.6 is 0 Å². The van der Waals surface area contributed by atoms with Crippen LogP contribution in [0.1, 0.15) is 43.8 Å². The van der Waals surface area contributed by atoms with Crippen molar-refractivity contribution < 1.29 is 4.92 Å². The second-order valence-electron chi connectivity index (χ2n) is 6.74. The van der Waals surface area contributed by atoms with Gasteiger partial charge in [0.25, 0.3) is 11.2 Å². The standard InChI is InChI=1S/C18H19N5O3/c1-11-15-16(22(21-11)13-5-3-2-4-6-13)18(24)20-17(19-15)12-7-9-14(10-8-12)23(25)26/h7-10,13H,2-6H2,1H3,(H,19,20,24). The van der Waals surface area contributed by atoms with E-state index in [9.17, 15) is 14.9 Å². The zero-order valence-corrected chi connectivity index (χ0v) is 14.4. The number of nitrogens with one attached hydrogen (secondary N) is 1. The number of aromatic amines is 1. The minimum Gasteiger partial charge on any atom is -0.305 e. The molecule has 1 aliphatic carbocycles. The Bertz CT molecular complexity index is 1030. The van der Waals surface area contributed by atoms with Crippen LogP contribution in [0.15, 0.2) is 29.1 Å². The quantitative estimate of drug-likeness (QED) is 0.573. The first-order valence-electron chi connectivity index (χ1n) is 8.78. The molecule has 1 saturated carbocycles. The van der Waals surface area contributed by atoms with Crippen molar-refractivity contribution in [2.45, 2.75) is 45.1 Å². The molecule has 1 aromatic carbocycles. The molecule has 1 N–H and O–H groups in total. The minimum absolute atomic E-state index is 0.00141. The summed E-state index contributed by atoms with van der Waals surface area (Å²) < 4.78 is 1.84. The summed E-state index contributed by atoms with van der Waals surface area (Å²) in [5, 5.41) is 15.4. The molecular weight excluding hydrogens is 334 g/mol. The molecule has 0 unspecified atom stereocenters.